The molecule has 0 saturated heterocycles. The number of para-hydroxylation sites is 3. The molecule has 4 nitrogen and oxygen atoms in total. The number of alkyl halides is 3. The average Bonchev–Trinajstić information content (AvgIpc) is 2.92. The van der Waals surface area contributed by atoms with Crippen LogP contribution in [0.25, 0.3) is 17.2 Å². The van der Waals surface area contributed by atoms with Crippen LogP contribution in [0.1, 0.15) is 5.56 Å². The van der Waals surface area contributed by atoms with E-state index in [2.05, 4.69) is 11.9 Å². The van der Waals surface area contributed by atoms with Crippen molar-refractivity contribution in [2.24, 2.45) is 0 Å². The number of halogens is 3. The highest BCUT2D eigenvalue weighted by Gasteiger charge is 2.33. The standard InChI is InChI=1S/C18H14F3N3O/c1-2-23-12-24(16-10-6-5-9-15(16)23)11-17(25)22-14-8-4-3-7-13(14)18(19,20)21/h2-10,12H,1,11H2/p+1. The number of aromatic nitrogens is 2. The highest BCUT2D eigenvalue weighted by atomic mass is 19.4. The van der Waals surface area contributed by atoms with Crippen molar-refractivity contribution < 1.29 is 22.5 Å². The minimum Gasteiger partial charge on any atom is -0.322 e. The number of anilines is 1. The molecule has 25 heavy (non-hydrogen) atoms. The van der Waals surface area contributed by atoms with Crippen molar-refractivity contribution in [1.82, 2.24) is 4.57 Å². The Morgan fingerprint density at radius 2 is 1.84 bits per heavy atom. The highest BCUT2D eigenvalue weighted by Crippen LogP contribution is 2.34. The van der Waals surface area contributed by atoms with E-state index in [9.17, 15) is 18.0 Å². The van der Waals surface area contributed by atoms with Gasteiger partial charge in [-0.15, -0.1) is 0 Å². The molecule has 128 valence electrons. The largest absolute Gasteiger partial charge is 0.418 e. The molecule has 0 saturated carbocycles. The minimum atomic E-state index is -4.53. The van der Waals surface area contributed by atoms with Gasteiger partial charge in [0.15, 0.2) is 17.6 Å². The van der Waals surface area contributed by atoms with Crippen LogP contribution < -0.4 is 9.88 Å². The number of hydrogen-bond acceptors (Lipinski definition) is 1. The molecule has 0 aliphatic rings. The van der Waals surface area contributed by atoms with Crippen LogP contribution in [0.2, 0.25) is 0 Å². The van der Waals surface area contributed by atoms with E-state index in [1.54, 1.807) is 21.7 Å². The predicted octanol–water partition coefficient (Wildman–Crippen LogP) is 3.69. The second kappa shape index (κ2) is 6.43. The van der Waals surface area contributed by atoms with Gasteiger partial charge in [-0.1, -0.05) is 30.8 Å². The molecule has 7 heteroatoms. The van der Waals surface area contributed by atoms with Crippen LogP contribution in [0.5, 0.6) is 0 Å². The average molecular weight is 346 g/mol. The summed E-state index contributed by atoms with van der Waals surface area (Å²) in [6, 6.07) is 12.3. The summed E-state index contributed by atoms with van der Waals surface area (Å²) < 4.78 is 42.4. The molecule has 0 fully saturated rings. The zero-order valence-electron chi connectivity index (χ0n) is 13.1. The van der Waals surface area contributed by atoms with E-state index < -0.39 is 17.6 Å². The van der Waals surface area contributed by atoms with Gasteiger partial charge in [0.2, 0.25) is 6.33 Å². The molecule has 0 radical (unpaired) electrons. The molecule has 3 aromatic rings. The summed E-state index contributed by atoms with van der Waals surface area (Å²) in [5, 5.41) is 2.34. The predicted molar refractivity (Wildman–Crippen MR) is 88.6 cm³/mol. The number of carbonyl (C=O) groups is 1. The summed E-state index contributed by atoms with van der Waals surface area (Å²) in [5.41, 5.74) is 0.498. The number of nitrogens with one attached hydrogen (secondary N) is 1. The lowest BCUT2D eigenvalue weighted by atomic mass is 10.1. The van der Waals surface area contributed by atoms with E-state index in [-0.39, 0.29) is 12.2 Å². The quantitative estimate of drug-likeness (QED) is 0.719. The summed E-state index contributed by atoms with van der Waals surface area (Å²) in [6.45, 7) is 3.59. The van der Waals surface area contributed by atoms with E-state index >= 15 is 0 Å². The minimum absolute atomic E-state index is 0.118. The molecule has 0 unspecified atom stereocenters. The smallest absolute Gasteiger partial charge is 0.322 e. The molecule has 0 aliphatic carbocycles. The number of fused-ring (bicyclic) bond motifs is 1. The third-order valence-corrected chi connectivity index (χ3v) is 3.75. The second-order valence-corrected chi connectivity index (χ2v) is 5.41. The molecule has 0 aliphatic heterocycles. The second-order valence-electron chi connectivity index (χ2n) is 5.41. The lowest BCUT2D eigenvalue weighted by Gasteiger charge is -2.12. The van der Waals surface area contributed by atoms with Gasteiger partial charge < -0.3 is 5.32 Å². The van der Waals surface area contributed by atoms with Gasteiger partial charge in [-0.3, -0.25) is 4.79 Å². The van der Waals surface area contributed by atoms with E-state index in [0.717, 1.165) is 17.1 Å². The SMILES string of the molecule is C=Cn1c[n+](CC(=O)Nc2ccccc2C(F)(F)F)c2ccccc21. The lowest BCUT2D eigenvalue weighted by Crippen LogP contribution is -2.39. The van der Waals surface area contributed by atoms with Gasteiger partial charge >= 0.3 is 6.18 Å². The maximum atomic E-state index is 13.0. The first-order valence-electron chi connectivity index (χ1n) is 7.48. The number of amides is 1. The van der Waals surface area contributed by atoms with Gasteiger partial charge in [0.05, 0.1) is 17.5 Å². The summed E-state index contributed by atoms with van der Waals surface area (Å²) >= 11 is 0. The first-order chi connectivity index (χ1) is 11.9. The van der Waals surface area contributed by atoms with Crippen molar-refractivity contribution in [3.05, 3.63) is 67.0 Å². The molecule has 1 heterocycles. The van der Waals surface area contributed by atoms with Gasteiger partial charge in [-0.05, 0) is 24.3 Å². The fourth-order valence-electron chi connectivity index (χ4n) is 2.66. The third kappa shape index (κ3) is 3.40. The zero-order valence-corrected chi connectivity index (χ0v) is 13.1. The van der Waals surface area contributed by atoms with E-state index in [4.69, 9.17) is 0 Å². The number of benzene rings is 2. The Morgan fingerprint density at radius 3 is 2.56 bits per heavy atom. The van der Waals surface area contributed by atoms with Gasteiger partial charge in [0, 0.05) is 0 Å². The van der Waals surface area contributed by atoms with Crippen molar-refractivity contribution in [3.8, 4) is 0 Å². The number of rotatable bonds is 4. The van der Waals surface area contributed by atoms with Gasteiger partial charge in [-0.2, -0.15) is 13.2 Å². The van der Waals surface area contributed by atoms with E-state index in [1.807, 2.05) is 24.3 Å². The number of imidazole rings is 1. The van der Waals surface area contributed by atoms with Crippen molar-refractivity contribution in [1.29, 1.82) is 0 Å². The lowest BCUT2D eigenvalue weighted by molar-refractivity contribution is -0.658. The van der Waals surface area contributed by atoms with Crippen LogP contribution in [0, 0.1) is 0 Å². The Morgan fingerprint density at radius 1 is 1.16 bits per heavy atom. The van der Waals surface area contributed by atoms with E-state index in [1.165, 1.54) is 18.2 Å². The molecule has 2 aromatic carbocycles. The number of hydrogen-bond donors (Lipinski definition) is 1. The Hall–Kier alpha value is -3.09. The molecular formula is C18H15F3N3O+. The summed E-state index contributed by atoms with van der Waals surface area (Å²) in [6.07, 6.45) is -1.27. The fraction of sp³-hybridized carbons (Fsp3) is 0.111. The summed E-state index contributed by atoms with van der Waals surface area (Å²) in [4.78, 5) is 12.3. The first kappa shape index (κ1) is 16.8. The van der Waals surface area contributed by atoms with Crippen LogP contribution in [0.15, 0.2) is 61.4 Å². The summed E-state index contributed by atoms with van der Waals surface area (Å²) in [7, 11) is 0. The van der Waals surface area contributed by atoms with Gasteiger partial charge in [0.25, 0.3) is 5.91 Å². The van der Waals surface area contributed by atoms with E-state index in [0.29, 0.717) is 0 Å². The Kier molecular flexibility index (Phi) is 4.31. The Bertz CT molecular complexity index is 944. The molecule has 0 spiro atoms. The van der Waals surface area contributed by atoms with Crippen molar-refractivity contribution >= 4 is 28.8 Å². The van der Waals surface area contributed by atoms with Crippen LogP contribution in [0.4, 0.5) is 18.9 Å². The van der Waals surface area contributed by atoms with Crippen molar-refractivity contribution in [2.75, 3.05) is 5.32 Å². The molecule has 1 N–H and O–H groups in total. The van der Waals surface area contributed by atoms with Crippen LogP contribution in [-0.4, -0.2) is 10.5 Å². The third-order valence-electron chi connectivity index (χ3n) is 3.75. The Labute approximate surface area is 141 Å². The summed E-state index contributed by atoms with van der Waals surface area (Å²) in [5.74, 6) is -0.548. The maximum Gasteiger partial charge on any atom is 0.418 e. The van der Waals surface area contributed by atoms with Crippen LogP contribution >= 0.6 is 0 Å². The zero-order chi connectivity index (χ0) is 18.0. The normalized spacial score (nSPS) is 11.5. The fourth-order valence-corrected chi connectivity index (χ4v) is 2.66. The molecular weight excluding hydrogens is 331 g/mol. The maximum absolute atomic E-state index is 13.0. The molecule has 1 amide bonds. The van der Waals surface area contributed by atoms with Crippen molar-refractivity contribution in [3.63, 3.8) is 0 Å². The molecule has 3 rings (SSSR count). The molecule has 0 atom stereocenters. The number of carbonyl (C=O) groups excluding carboxylic acids is 1. The Balaban J connectivity index is 1.87. The topological polar surface area (TPSA) is 37.9 Å². The number of nitrogens with zero attached hydrogens (tertiary/aromatic N) is 2. The molecule has 0 bridgehead atoms. The highest BCUT2D eigenvalue weighted by molar-refractivity contribution is 5.91. The van der Waals surface area contributed by atoms with Crippen LogP contribution in [0.3, 0.4) is 0 Å². The van der Waals surface area contributed by atoms with Gasteiger partial charge in [0.1, 0.15) is 0 Å². The van der Waals surface area contributed by atoms with Crippen molar-refractivity contribution in [2.45, 2.75) is 12.7 Å². The first-order valence-corrected chi connectivity index (χ1v) is 7.48. The molecule has 1 aromatic heterocycles. The monoisotopic (exact) mass is 346 g/mol. The van der Waals surface area contributed by atoms with Crippen LogP contribution in [-0.2, 0) is 17.5 Å². The van der Waals surface area contributed by atoms with Gasteiger partial charge in [-0.25, -0.2) is 9.13 Å².